The van der Waals surface area contributed by atoms with Crippen molar-refractivity contribution in [1.82, 2.24) is 9.97 Å². The minimum atomic E-state index is -0.132. The lowest BCUT2D eigenvalue weighted by Crippen LogP contribution is -2.36. The lowest BCUT2D eigenvalue weighted by atomic mass is 10.0. The number of ether oxygens (including phenoxy) is 2. The maximum Gasteiger partial charge on any atom is 0.151 e. The van der Waals surface area contributed by atoms with Gasteiger partial charge in [0.25, 0.3) is 0 Å². The van der Waals surface area contributed by atoms with Crippen LogP contribution in [-0.4, -0.2) is 49.2 Å². The van der Waals surface area contributed by atoms with Gasteiger partial charge < -0.3 is 14.4 Å². The molecule has 1 aliphatic heterocycles. The molecule has 0 atom stereocenters. The number of Topliss-reactive ketones (excluding diaryl/α,β-unsaturated/α-hetero) is 1. The molecule has 0 saturated carbocycles. The third-order valence-electron chi connectivity index (χ3n) is 5.63. The Bertz CT molecular complexity index is 1150. The van der Waals surface area contributed by atoms with Gasteiger partial charge in [-0.05, 0) is 29.8 Å². The summed E-state index contributed by atoms with van der Waals surface area (Å²) in [5, 5.41) is 8.72. The van der Waals surface area contributed by atoms with Gasteiger partial charge in [-0.2, -0.15) is 5.26 Å². The zero-order valence-electron chi connectivity index (χ0n) is 18.7. The van der Waals surface area contributed by atoms with Gasteiger partial charge in [0.15, 0.2) is 5.78 Å². The number of carbonyl (C=O) groups is 1. The van der Waals surface area contributed by atoms with Crippen LogP contribution in [0.3, 0.4) is 0 Å². The third kappa shape index (κ3) is 5.73. The first-order chi connectivity index (χ1) is 16.2. The van der Waals surface area contributed by atoms with Gasteiger partial charge >= 0.3 is 0 Å². The van der Waals surface area contributed by atoms with E-state index >= 15 is 0 Å². The van der Waals surface area contributed by atoms with E-state index < -0.39 is 0 Å². The molecule has 168 valence electrons. The molecule has 3 aromatic rings. The number of methoxy groups -OCH3 is 1. The van der Waals surface area contributed by atoms with Crippen LogP contribution in [0.1, 0.15) is 23.4 Å². The van der Waals surface area contributed by atoms with Crippen molar-refractivity contribution >= 4 is 11.5 Å². The fraction of sp³-hybridized carbons (Fsp3) is 0.308. The zero-order chi connectivity index (χ0) is 23.0. The molecule has 0 radical (unpaired) electrons. The summed E-state index contributed by atoms with van der Waals surface area (Å²) in [7, 11) is 1.57. The van der Waals surface area contributed by atoms with Crippen LogP contribution in [0.15, 0.2) is 54.7 Å². The highest BCUT2D eigenvalue weighted by Gasteiger charge is 2.13. The summed E-state index contributed by atoms with van der Waals surface area (Å²) in [6.45, 7) is 3.37. The topological polar surface area (TPSA) is 88.3 Å². The molecule has 33 heavy (non-hydrogen) atoms. The van der Waals surface area contributed by atoms with Crippen LogP contribution in [0.4, 0.5) is 5.69 Å². The van der Waals surface area contributed by atoms with E-state index in [0.29, 0.717) is 12.2 Å². The van der Waals surface area contributed by atoms with Gasteiger partial charge in [0.2, 0.25) is 0 Å². The summed E-state index contributed by atoms with van der Waals surface area (Å²) in [4.78, 5) is 23.4. The fourth-order valence-corrected chi connectivity index (χ4v) is 3.89. The number of ketones is 1. The summed E-state index contributed by atoms with van der Waals surface area (Å²) >= 11 is 0. The van der Waals surface area contributed by atoms with Crippen molar-refractivity contribution in [3.63, 3.8) is 0 Å². The summed E-state index contributed by atoms with van der Waals surface area (Å²) in [5.74, 6) is 1.21. The van der Waals surface area contributed by atoms with Gasteiger partial charge in [-0.15, -0.1) is 0 Å². The van der Waals surface area contributed by atoms with Gasteiger partial charge in [-0.3, -0.25) is 4.79 Å². The monoisotopic (exact) mass is 442 g/mol. The number of hydrogen-bond acceptors (Lipinski definition) is 7. The van der Waals surface area contributed by atoms with Crippen molar-refractivity contribution in [2.45, 2.75) is 19.3 Å². The van der Waals surface area contributed by atoms with Crippen LogP contribution in [0.2, 0.25) is 0 Å². The number of hydrogen-bond donors (Lipinski definition) is 0. The van der Waals surface area contributed by atoms with E-state index in [1.807, 2.05) is 30.3 Å². The highest BCUT2D eigenvalue weighted by atomic mass is 16.5. The Labute approximate surface area is 193 Å². The van der Waals surface area contributed by atoms with E-state index in [1.165, 1.54) is 5.69 Å². The molecule has 0 aliphatic carbocycles. The Balaban J connectivity index is 1.48. The Hall–Kier alpha value is -3.76. The molecule has 2 heterocycles. The van der Waals surface area contributed by atoms with E-state index in [1.54, 1.807) is 13.3 Å². The predicted molar refractivity (Wildman–Crippen MR) is 125 cm³/mol. The molecule has 2 aromatic carbocycles. The molecule has 4 rings (SSSR count). The Morgan fingerprint density at radius 2 is 1.94 bits per heavy atom. The molecule has 1 aliphatic rings. The van der Waals surface area contributed by atoms with Crippen LogP contribution in [0.5, 0.6) is 5.75 Å². The summed E-state index contributed by atoms with van der Waals surface area (Å²) in [6.07, 6.45) is 2.46. The van der Waals surface area contributed by atoms with Gasteiger partial charge in [-0.1, -0.05) is 24.3 Å². The second-order valence-electron chi connectivity index (χ2n) is 7.88. The zero-order valence-corrected chi connectivity index (χ0v) is 18.7. The van der Waals surface area contributed by atoms with Crippen LogP contribution in [-0.2, 0) is 22.4 Å². The summed E-state index contributed by atoms with van der Waals surface area (Å²) < 4.78 is 10.9. The van der Waals surface area contributed by atoms with Gasteiger partial charge in [0.1, 0.15) is 11.6 Å². The number of anilines is 1. The molecule has 1 aromatic heterocycles. The SMILES string of the molecule is COc1cc(-c2ccnc(Cc3ccc(N4CCOCC4)cc3)n2)ccc1CC(=O)CC#N. The minimum absolute atomic E-state index is 0.104. The Kier molecular flexibility index (Phi) is 7.28. The van der Waals surface area contributed by atoms with E-state index in [-0.39, 0.29) is 18.6 Å². The maximum absolute atomic E-state index is 11.9. The summed E-state index contributed by atoms with van der Waals surface area (Å²) in [6, 6.07) is 17.9. The molecule has 7 heteroatoms. The van der Waals surface area contributed by atoms with Gasteiger partial charge in [0.05, 0.1) is 38.5 Å². The second kappa shape index (κ2) is 10.7. The minimum Gasteiger partial charge on any atom is -0.496 e. The molecule has 0 N–H and O–H groups in total. The standard InChI is InChI=1S/C26H26N4O3/c1-32-25-18-20(4-5-21(25)17-23(31)8-10-27)24-9-11-28-26(29-24)16-19-2-6-22(7-3-19)30-12-14-33-15-13-30/h2-7,9,11,18H,8,12-17H2,1H3. The van der Waals surface area contributed by atoms with Crippen LogP contribution in [0.25, 0.3) is 11.3 Å². The van der Waals surface area contributed by atoms with E-state index in [0.717, 1.165) is 54.5 Å². The molecule has 1 saturated heterocycles. The lowest BCUT2D eigenvalue weighted by molar-refractivity contribution is -0.117. The van der Waals surface area contributed by atoms with Gasteiger partial charge in [-0.25, -0.2) is 9.97 Å². The average molecular weight is 443 g/mol. The number of nitriles is 1. The quantitative estimate of drug-likeness (QED) is 0.527. The molecule has 0 unspecified atom stereocenters. The number of morpholine rings is 1. The van der Waals surface area contributed by atoms with E-state index in [9.17, 15) is 4.79 Å². The fourth-order valence-electron chi connectivity index (χ4n) is 3.89. The molecule has 0 amide bonds. The maximum atomic E-state index is 11.9. The largest absolute Gasteiger partial charge is 0.496 e. The normalized spacial score (nSPS) is 13.4. The Morgan fingerprint density at radius 3 is 2.67 bits per heavy atom. The molecule has 7 nitrogen and oxygen atoms in total. The van der Waals surface area contributed by atoms with Crippen molar-refractivity contribution in [1.29, 1.82) is 5.26 Å². The predicted octanol–water partition coefficient (Wildman–Crippen LogP) is 3.60. The number of nitrogens with zero attached hydrogens (tertiary/aromatic N) is 4. The summed E-state index contributed by atoms with van der Waals surface area (Å²) in [5.41, 5.74) is 4.79. The highest BCUT2D eigenvalue weighted by Crippen LogP contribution is 2.27. The number of rotatable bonds is 8. The molecular formula is C26H26N4O3. The molecule has 0 bridgehead atoms. The lowest BCUT2D eigenvalue weighted by Gasteiger charge is -2.28. The molecule has 0 spiro atoms. The number of aromatic nitrogens is 2. The van der Waals surface area contributed by atoms with Crippen molar-refractivity contribution in [2.24, 2.45) is 0 Å². The second-order valence-corrected chi connectivity index (χ2v) is 7.88. The van der Waals surface area contributed by atoms with Crippen molar-refractivity contribution in [2.75, 3.05) is 38.3 Å². The average Bonchev–Trinajstić information content (AvgIpc) is 2.85. The van der Waals surface area contributed by atoms with E-state index in [2.05, 4.69) is 34.1 Å². The van der Waals surface area contributed by atoms with E-state index in [4.69, 9.17) is 19.7 Å². The molecule has 1 fully saturated rings. The van der Waals surface area contributed by atoms with Crippen LogP contribution >= 0.6 is 0 Å². The van der Waals surface area contributed by atoms with Crippen molar-refractivity contribution < 1.29 is 14.3 Å². The van der Waals surface area contributed by atoms with Crippen LogP contribution < -0.4 is 9.64 Å². The Morgan fingerprint density at radius 1 is 1.15 bits per heavy atom. The smallest absolute Gasteiger partial charge is 0.151 e. The number of benzene rings is 2. The number of carbonyl (C=O) groups excluding carboxylic acids is 1. The first kappa shape index (κ1) is 22.4. The first-order valence-electron chi connectivity index (χ1n) is 11.0. The van der Waals surface area contributed by atoms with Crippen LogP contribution in [0, 0.1) is 11.3 Å². The molecular weight excluding hydrogens is 416 g/mol. The first-order valence-corrected chi connectivity index (χ1v) is 11.0. The van der Waals surface area contributed by atoms with Crippen molar-refractivity contribution in [3.05, 3.63) is 71.7 Å². The van der Waals surface area contributed by atoms with Crippen molar-refractivity contribution in [3.8, 4) is 23.1 Å². The third-order valence-corrected chi connectivity index (χ3v) is 5.63. The highest BCUT2D eigenvalue weighted by molar-refractivity contribution is 5.83. The van der Waals surface area contributed by atoms with Gasteiger partial charge in [0, 0.05) is 48.9 Å².